The van der Waals surface area contributed by atoms with Crippen LogP contribution in [0.15, 0.2) is 35.5 Å². The van der Waals surface area contributed by atoms with Crippen LogP contribution in [0.3, 0.4) is 0 Å². The maximum absolute atomic E-state index is 12.0. The van der Waals surface area contributed by atoms with E-state index >= 15 is 0 Å². The predicted octanol–water partition coefficient (Wildman–Crippen LogP) is 0.733. The van der Waals surface area contributed by atoms with Crippen molar-refractivity contribution in [1.29, 1.82) is 0 Å². The molecule has 0 aliphatic carbocycles. The molecule has 0 amide bonds. The van der Waals surface area contributed by atoms with Gasteiger partial charge in [-0.1, -0.05) is 30.3 Å². The second kappa shape index (κ2) is 10.6. The molecular weight excluding hydrogens is 388 g/mol. The number of ether oxygens (including phenoxy) is 2. The molecule has 0 aliphatic heterocycles. The zero-order chi connectivity index (χ0) is 19.6. The summed E-state index contributed by atoms with van der Waals surface area (Å²) in [7, 11) is -1.53. The molecule has 0 saturated heterocycles. The zero-order valence-electron chi connectivity index (χ0n) is 14.3. The number of oxime groups is 1. The molecule has 0 spiro atoms. The number of halogens is 1. The Bertz CT molecular complexity index is 738. The lowest BCUT2D eigenvalue weighted by Crippen LogP contribution is -2.37. The molecule has 0 bridgehead atoms. The Hall–Kier alpha value is -2.33. The minimum absolute atomic E-state index is 0.0403. The predicted molar refractivity (Wildman–Crippen MR) is 93.9 cm³/mol. The Kier molecular flexibility index (Phi) is 8.86. The summed E-state index contributed by atoms with van der Waals surface area (Å²) < 4.78 is 37.9. The number of benzene rings is 1. The second-order valence-corrected chi connectivity index (χ2v) is 6.76. The van der Waals surface area contributed by atoms with Gasteiger partial charge in [-0.3, -0.25) is 9.08 Å². The van der Waals surface area contributed by atoms with Gasteiger partial charge >= 0.3 is 22.1 Å². The van der Waals surface area contributed by atoms with E-state index in [0.717, 1.165) is 7.11 Å². The van der Waals surface area contributed by atoms with Crippen LogP contribution >= 0.6 is 11.6 Å². The fourth-order valence-electron chi connectivity index (χ4n) is 1.69. The van der Waals surface area contributed by atoms with Gasteiger partial charge in [-0.2, -0.15) is 8.42 Å². The smallest absolute Gasteiger partial charge is 0.377 e. The third kappa shape index (κ3) is 7.70. The Morgan fingerprint density at radius 2 is 1.88 bits per heavy atom. The molecule has 0 saturated carbocycles. The van der Waals surface area contributed by atoms with E-state index < -0.39 is 33.6 Å². The fraction of sp³-hybridized carbons (Fsp3) is 0.400. The molecule has 26 heavy (non-hydrogen) atoms. The van der Waals surface area contributed by atoms with Crippen molar-refractivity contribution in [3.05, 3.63) is 35.9 Å². The maximum Gasteiger partial charge on any atom is 0.377 e. The normalized spacial score (nSPS) is 11.6. The number of esters is 2. The molecule has 11 heteroatoms. The summed E-state index contributed by atoms with van der Waals surface area (Å²) in [5, 5.41) is 3.39. The maximum atomic E-state index is 12.0. The van der Waals surface area contributed by atoms with E-state index in [1.165, 1.54) is 11.9 Å². The van der Waals surface area contributed by atoms with Crippen molar-refractivity contribution in [3.8, 4) is 0 Å². The summed E-state index contributed by atoms with van der Waals surface area (Å²) in [5.41, 5.74) is 0.503. The summed E-state index contributed by atoms with van der Waals surface area (Å²) >= 11 is 5.30. The van der Waals surface area contributed by atoms with Crippen molar-refractivity contribution in [1.82, 2.24) is 4.90 Å². The van der Waals surface area contributed by atoms with E-state index in [0.29, 0.717) is 5.56 Å². The summed E-state index contributed by atoms with van der Waals surface area (Å²) in [6.07, 6.45) is 0. The van der Waals surface area contributed by atoms with Gasteiger partial charge in [-0.25, -0.2) is 4.79 Å². The first-order chi connectivity index (χ1) is 12.3. The number of carbonyl (C=O) groups is 2. The van der Waals surface area contributed by atoms with Crippen LogP contribution in [0.1, 0.15) is 5.56 Å². The third-order valence-corrected chi connectivity index (χ3v) is 4.16. The lowest BCUT2D eigenvalue weighted by Gasteiger charge is -2.18. The van der Waals surface area contributed by atoms with Crippen molar-refractivity contribution >= 4 is 39.5 Å². The molecule has 0 aliphatic rings. The van der Waals surface area contributed by atoms with E-state index in [1.807, 2.05) is 0 Å². The monoisotopic (exact) mass is 406 g/mol. The van der Waals surface area contributed by atoms with Gasteiger partial charge in [0.1, 0.15) is 18.2 Å². The highest BCUT2D eigenvalue weighted by Gasteiger charge is 2.21. The third-order valence-electron chi connectivity index (χ3n) is 2.95. The van der Waals surface area contributed by atoms with Crippen LogP contribution in [-0.2, 0) is 39.2 Å². The number of likely N-dealkylation sites (N-methyl/N-ethyl adjacent to an activating group) is 1. The number of amidine groups is 1. The van der Waals surface area contributed by atoms with E-state index in [2.05, 4.69) is 14.2 Å². The summed E-state index contributed by atoms with van der Waals surface area (Å²) in [6, 6.07) is 8.34. The van der Waals surface area contributed by atoms with Gasteiger partial charge in [0.05, 0.1) is 13.7 Å². The molecule has 0 radical (unpaired) electrons. The number of hydrogen-bond donors (Lipinski definition) is 0. The molecule has 0 aromatic heterocycles. The van der Waals surface area contributed by atoms with Gasteiger partial charge in [0.15, 0.2) is 0 Å². The lowest BCUT2D eigenvalue weighted by atomic mass is 10.2. The van der Waals surface area contributed by atoms with Crippen LogP contribution in [0, 0.1) is 0 Å². The molecule has 144 valence electrons. The van der Waals surface area contributed by atoms with Crippen molar-refractivity contribution in [2.45, 2.75) is 5.75 Å². The van der Waals surface area contributed by atoms with E-state index in [-0.39, 0.29) is 19.0 Å². The summed E-state index contributed by atoms with van der Waals surface area (Å²) in [6.45, 7) is -0.0481. The average molecular weight is 407 g/mol. The lowest BCUT2D eigenvalue weighted by molar-refractivity contribution is -0.140. The molecule has 9 nitrogen and oxygen atoms in total. The largest absolute Gasteiger partial charge is 0.463 e. The Labute approximate surface area is 156 Å². The quantitative estimate of drug-likeness (QED) is 0.204. The highest BCUT2D eigenvalue weighted by atomic mass is 35.5. The van der Waals surface area contributed by atoms with Crippen LogP contribution in [0.5, 0.6) is 0 Å². The van der Waals surface area contributed by atoms with Crippen molar-refractivity contribution in [2.24, 2.45) is 5.16 Å². The first-order valence-corrected chi connectivity index (χ1v) is 9.44. The highest BCUT2D eigenvalue weighted by molar-refractivity contribution is 7.85. The molecule has 0 heterocycles. The number of methoxy groups -OCH3 is 1. The van der Waals surface area contributed by atoms with Crippen molar-refractivity contribution < 1.29 is 31.8 Å². The van der Waals surface area contributed by atoms with Gasteiger partial charge in [0, 0.05) is 7.05 Å². The van der Waals surface area contributed by atoms with Crippen LogP contribution in [0.25, 0.3) is 0 Å². The van der Waals surface area contributed by atoms with Crippen LogP contribution in [0.4, 0.5) is 0 Å². The Balaban J connectivity index is 2.78. The minimum Gasteiger partial charge on any atom is -0.463 e. The molecule has 1 rings (SSSR count). The van der Waals surface area contributed by atoms with E-state index in [1.54, 1.807) is 30.3 Å². The van der Waals surface area contributed by atoms with Crippen LogP contribution in [0.2, 0.25) is 0 Å². The molecule has 1 aromatic rings. The Morgan fingerprint density at radius 3 is 2.46 bits per heavy atom. The van der Waals surface area contributed by atoms with Crippen LogP contribution in [-0.4, -0.2) is 64.3 Å². The van der Waals surface area contributed by atoms with Gasteiger partial charge < -0.3 is 14.4 Å². The molecular formula is C15H19ClN2O7S. The van der Waals surface area contributed by atoms with Gasteiger partial charge in [0.2, 0.25) is 0 Å². The number of rotatable bonds is 8. The first kappa shape index (κ1) is 21.7. The Morgan fingerprint density at radius 1 is 1.23 bits per heavy atom. The number of carbonyl (C=O) groups excluding carboxylic acids is 2. The van der Waals surface area contributed by atoms with Gasteiger partial charge in [0.25, 0.3) is 5.84 Å². The zero-order valence-corrected chi connectivity index (χ0v) is 15.8. The van der Waals surface area contributed by atoms with Crippen molar-refractivity contribution in [3.63, 3.8) is 0 Å². The molecule has 0 unspecified atom stereocenters. The summed E-state index contributed by atoms with van der Waals surface area (Å²) in [5.74, 6) is -2.65. The number of hydrogen-bond acceptors (Lipinski definition) is 8. The average Bonchev–Trinajstić information content (AvgIpc) is 2.61. The molecule has 1 aromatic carbocycles. The van der Waals surface area contributed by atoms with Gasteiger partial charge in [-0.05, 0) is 10.7 Å². The second-order valence-electron chi connectivity index (χ2n) is 4.94. The number of nitrogens with zero attached hydrogens (tertiary/aromatic N) is 2. The first-order valence-electron chi connectivity index (χ1n) is 7.33. The van der Waals surface area contributed by atoms with Gasteiger partial charge in [-0.15, -0.1) is 11.6 Å². The molecule has 0 N–H and O–H groups in total. The molecule has 0 fully saturated rings. The highest BCUT2D eigenvalue weighted by Crippen LogP contribution is 2.08. The minimum atomic E-state index is -4.07. The topological polar surface area (TPSA) is 112 Å². The van der Waals surface area contributed by atoms with Crippen molar-refractivity contribution in [2.75, 3.05) is 33.2 Å². The number of alkyl halides is 1. The van der Waals surface area contributed by atoms with Crippen LogP contribution < -0.4 is 0 Å². The SMILES string of the molecule is COC(=O)C(=NOS(=O)(=O)Cc1ccccc1)N(C)CCOC(=O)CCl. The fourth-order valence-corrected chi connectivity index (χ4v) is 2.61. The summed E-state index contributed by atoms with van der Waals surface area (Å²) in [4.78, 5) is 24.0. The van der Waals surface area contributed by atoms with E-state index in [9.17, 15) is 18.0 Å². The van der Waals surface area contributed by atoms with E-state index in [4.69, 9.17) is 16.3 Å². The molecule has 0 atom stereocenters. The standard InChI is InChI=1S/C15H19ClN2O7S/c1-18(8-9-24-13(19)10-16)14(15(20)23-2)17-25-26(21,22)11-12-6-4-3-5-7-12/h3-7H,8-11H2,1-2H3.